The van der Waals surface area contributed by atoms with E-state index in [0.717, 1.165) is 12.8 Å². The fourth-order valence-electron chi connectivity index (χ4n) is 0.829. The van der Waals surface area contributed by atoms with Crippen LogP contribution in [0, 0.1) is 0 Å². The van der Waals surface area contributed by atoms with Crippen LogP contribution in [0.4, 0.5) is 0 Å². The molecule has 0 saturated heterocycles. The highest BCUT2D eigenvalue weighted by molar-refractivity contribution is 5.66. The predicted molar refractivity (Wildman–Crippen MR) is 51.8 cm³/mol. The molecule has 3 nitrogen and oxygen atoms in total. The third-order valence-corrected chi connectivity index (χ3v) is 2.13. The van der Waals surface area contributed by atoms with Crippen LogP contribution in [0.2, 0.25) is 0 Å². The molecular weight excluding hydrogens is 168 g/mol. The number of hydrogen-bond acceptors (Lipinski definition) is 2. The highest BCUT2D eigenvalue weighted by Crippen LogP contribution is 2.14. The van der Waals surface area contributed by atoms with Crippen LogP contribution in [0.5, 0.6) is 0 Å². The summed E-state index contributed by atoms with van der Waals surface area (Å²) in [6.07, 6.45) is 2.76. The van der Waals surface area contributed by atoms with Crippen molar-refractivity contribution >= 4 is 5.97 Å². The minimum absolute atomic E-state index is 0.0662. The fraction of sp³-hybridized carbons (Fsp3) is 0.900. The molecule has 0 aromatic heterocycles. The van der Waals surface area contributed by atoms with Gasteiger partial charge in [-0.2, -0.15) is 0 Å². The lowest BCUT2D eigenvalue weighted by Gasteiger charge is -2.23. The maximum atomic E-state index is 10.2. The molecule has 0 aliphatic heterocycles. The van der Waals surface area contributed by atoms with Crippen molar-refractivity contribution in [1.82, 2.24) is 0 Å². The summed E-state index contributed by atoms with van der Waals surface area (Å²) >= 11 is 0. The molecule has 0 spiro atoms. The topological polar surface area (TPSA) is 46.5 Å². The lowest BCUT2D eigenvalue weighted by atomic mass is 10.1. The summed E-state index contributed by atoms with van der Waals surface area (Å²) < 4.78 is 5.57. The van der Waals surface area contributed by atoms with Crippen molar-refractivity contribution in [1.29, 1.82) is 0 Å². The number of aliphatic carboxylic acids is 1. The number of hydrogen-bond donors (Lipinski definition) is 1. The summed E-state index contributed by atoms with van der Waals surface area (Å²) in [5.74, 6) is -0.727. The quantitative estimate of drug-likeness (QED) is 0.624. The Bertz CT molecular complexity index is 152. The van der Waals surface area contributed by atoms with E-state index < -0.39 is 5.97 Å². The molecule has 0 aliphatic rings. The van der Waals surface area contributed by atoms with Crippen LogP contribution < -0.4 is 0 Å². The van der Waals surface area contributed by atoms with Gasteiger partial charge in [0.1, 0.15) is 0 Å². The zero-order chi connectivity index (χ0) is 10.3. The number of carbonyl (C=O) groups is 1. The minimum Gasteiger partial charge on any atom is -0.481 e. The van der Waals surface area contributed by atoms with Crippen LogP contribution in [0.1, 0.15) is 46.5 Å². The summed E-state index contributed by atoms with van der Waals surface area (Å²) in [5.41, 5.74) is -0.0662. The third kappa shape index (κ3) is 7.78. The number of carboxylic acid groups (broad SMARTS) is 1. The Morgan fingerprint density at radius 3 is 2.46 bits per heavy atom. The molecule has 0 rings (SSSR count). The third-order valence-electron chi connectivity index (χ3n) is 2.13. The molecule has 0 aromatic carbocycles. The Balaban J connectivity index is 3.30. The molecule has 0 saturated carbocycles. The first kappa shape index (κ1) is 12.4. The van der Waals surface area contributed by atoms with Crippen LogP contribution in [0.25, 0.3) is 0 Å². The second-order valence-electron chi connectivity index (χ2n) is 3.81. The van der Waals surface area contributed by atoms with Gasteiger partial charge in [0.15, 0.2) is 0 Å². The van der Waals surface area contributed by atoms with E-state index in [9.17, 15) is 4.79 Å². The average Bonchev–Trinajstić information content (AvgIpc) is 2.03. The second-order valence-corrected chi connectivity index (χ2v) is 3.81. The van der Waals surface area contributed by atoms with Crippen molar-refractivity contribution in [2.75, 3.05) is 6.61 Å². The maximum absolute atomic E-state index is 10.2. The zero-order valence-electron chi connectivity index (χ0n) is 8.80. The van der Waals surface area contributed by atoms with E-state index in [4.69, 9.17) is 9.84 Å². The van der Waals surface area contributed by atoms with E-state index in [1.165, 1.54) is 0 Å². The maximum Gasteiger partial charge on any atom is 0.303 e. The Hall–Kier alpha value is -0.570. The summed E-state index contributed by atoms with van der Waals surface area (Å²) in [7, 11) is 0. The first-order valence-electron chi connectivity index (χ1n) is 4.83. The molecule has 0 aromatic rings. The van der Waals surface area contributed by atoms with Crippen LogP contribution >= 0.6 is 0 Å². The summed E-state index contributed by atoms with van der Waals surface area (Å²) in [5, 5.41) is 8.38. The molecule has 13 heavy (non-hydrogen) atoms. The van der Waals surface area contributed by atoms with E-state index >= 15 is 0 Å². The van der Waals surface area contributed by atoms with E-state index in [1.54, 1.807) is 0 Å². The minimum atomic E-state index is -0.727. The molecule has 0 bridgehead atoms. The molecule has 0 unspecified atom stereocenters. The standard InChI is InChI=1S/C10H20O3/c1-4-10(2,3)13-8-6-5-7-9(11)12/h4-8H2,1-3H3,(H,11,12). The molecular formula is C10H20O3. The molecule has 0 fully saturated rings. The van der Waals surface area contributed by atoms with E-state index in [0.29, 0.717) is 13.0 Å². The molecule has 0 aliphatic carbocycles. The van der Waals surface area contributed by atoms with Gasteiger partial charge >= 0.3 is 5.97 Å². The highest BCUT2D eigenvalue weighted by Gasteiger charge is 2.14. The molecule has 78 valence electrons. The number of rotatable bonds is 7. The van der Waals surface area contributed by atoms with Crippen molar-refractivity contribution < 1.29 is 14.6 Å². The summed E-state index contributed by atoms with van der Waals surface area (Å²) in [6, 6.07) is 0. The largest absolute Gasteiger partial charge is 0.481 e. The Kier molecular flexibility index (Phi) is 5.71. The van der Waals surface area contributed by atoms with Gasteiger partial charge in [-0.15, -0.1) is 0 Å². The molecule has 0 radical (unpaired) electrons. The summed E-state index contributed by atoms with van der Waals surface area (Å²) in [4.78, 5) is 10.2. The van der Waals surface area contributed by atoms with Gasteiger partial charge < -0.3 is 9.84 Å². The van der Waals surface area contributed by atoms with Crippen LogP contribution in [-0.2, 0) is 9.53 Å². The number of unbranched alkanes of at least 4 members (excludes halogenated alkanes) is 1. The van der Waals surface area contributed by atoms with E-state index in [1.807, 2.05) is 13.8 Å². The van der Waals surface area contributed by atoms with Crippen molar-refractivity contribution in [3.05, 3.63) is 0 Å². The monoisotopic (exact) mass is 188 g/mol. The highest BCUT2D eigenvalue weighted by atomic mass is 16.5. The number of carboxylic acids is 1. The SMILES string of the molecule is CCC(C)(C)OCCCCC(=O)O. The first-order valence-corrected chi connectivity index (χ1v) is 4.83. The molecule has 0 heterocycles. The normalized spacial score (nSPS) is 11.6. The molecule has 0 atom stereocenters. The lowest BCUT2D eigenvalue weighted by molar-refractivity contribution is -0.137. The predicted octanol–water partition coefficient (Wildman–Crippen LogP) is 2.45. The van der Waals surface area contributed by atoms with Gasteiger partial charge in [-0.3, -0.25) is 4.79 Å². The van der Waals surface area contributed by atoms with E-state index in [2.05, 4.69) is 6.92 Å². The van der Waals surface area contributed by atoms with Crippen molar-refractivity contribution in [3.63, 3.8) is 0 Å². The Morgan fingerprint density at radius 2 is 2.00 bits per heavy atom. The van der Waals surface area contributed by atoms with Crippen LogP contribution in [0.3, 0.4) is 0 Å². The van der Waals surface area contributed by atoms with Gasteiger partial charge in [-0.1, -0.05) is 6.92 Å². The average molecular weight is 188 g/mol. The smallest absolute Gasteiger partial charge is 0.303 e. The molecule has 0 amide bonds. The molecule has 3 heteroatoms. The van der Waals surface area contributed by atoms with E-state index in [-0.39, 0.29) is 12.0 Å². The van der Waals surface area contributed by atoms with Gasteiger partial charge in [0, 0.05) is 13.0 Å². The van der Waals surface area contributed by atoms with Crippen molar-refractivity contribution in [3.8, 4) is 0 Å². The van der Waals surface area contributed by atoms with Crippen molar-refractivity contribution in [2.24, 2.45) is 0 Å². The first-order chi connectivity index (χ1) is 5.98. The second kappa shape index (κ2) is 5.97. The Morgan fingerprint density at radius 1 is 1.38 bits per heavy atom. The van der Waals surface area contributed by atoms with Gasteiger partial charge in [0.05, 0.1) is 5.60 Å². The van der Waals surface area contributed by atoms with Crippen LogP contribution in [-0.4, -0.2) is 23.3 Å². The fourth-order valence-corrected chi connectivity index (χ4v) is 0.829. The lowest BCUT2D eigenvalue weighted by Crippen LogP contribution is -2.23. The van der Waals surface area contributed by atoms with Gasteiger partial charge in [0.25, 0.3) is 0 Å². The van der Waals surface area contributed by atoms with Gasteiger partial charge in [-0.05, 0) is 33.1 Å². The van der Waals surface area contributed by atoms with Gasteiger partial charge in [0.2, 0.25) is 0 Å². The van der Waals surface area contributed by atoms with Crippen LogP contribution in [0.15, 0.2) is 0 Å². The van der Waals surface area contributed by atoms with Gasteiger partial charge in [-0.25, -0.2) is 0 Å². The zero-order valence-corrected chi connectivity index (χ0v) is 8.80. The summed E-state index contributed by atoms with van der Waals surface area (Å²) in [6.45, 7) is 6.83. The number of ether oxygens (including phenoxy) is 1. The Labute approximate surface area is 80.1 Å². The molecule has 1 N–H and O–H groups in total. The van der Waals surface area contributed by atoms with Crippen molar-refractivity contribution in [2.45, 2.75) is 52.1 Å².